The zero-order valence-electron chi connectivity index (χ0n) is 18.1. The first kappa shape index (κ1) is 21.2. The highest BCUT2D eigenvalue weighted by Crippen LogP contribution is 2.39. The Kier molecular flexibility index (Phi) is 5.40. The Labute approximate surface area is 189 Å². The lowest BCUT2D eigenvalue weighted by molar-refractivity contribution is -0.0524. The minimum Gasteiger partial charge on any atom is -0.381 e. The third kappa shape index (κ3) is 3.88. The first-order valence-corrected chi connectivity index (χ1v) is 10.5. The molecule has 0 radical (unpaired) electrons. The molecule has 0 amide bonds. The molecule has 9 heteroatoms. The molecule has 1 aromatic carbocycles. The summed E-state index contributed by atoms with van der Waals surface area (Å²) in [6.07, 6.45) is 2.93. The van der Waals surface area contributed by atoms with Gasteiger partial charge in [-0.2, -0.15) is 5.10 Å². The van der Waals surface area contributed by atoms with Crippen molar-refractivity contribution in [3.63, 3.8) is 0 Å². The SMILES string of the molecule is COC1(C#Cc2cc3c(cn2)NC(c2c(F)cccc2F)=Nc2c(C)n[nH]c2-3)CCOCC1. The van der Waals surface area contributed by atoms with Crippen LogP contribution in [0.4, 0.5) is 20.2 Å². The average Bonchev–Trinajstić information content (AvgIpc) is 3.10. The Morgan fingerprint density at radius 3 is 2.67 bits per heavy atom. The molecule has 0 spiro atoms. The van der Waals surface area contributed by atoms with Crippen molar-refractivity contribution in [3.05, 3.63) is 59.0 Å². The fraction of sp³-hybridized carbons (Fsp3) is 0.292. The van der Waals surface area contributed by atoms with Gasteiger partial charge in [0.2, 0.25) is 0 Å². The summed E-state index contributed by atoms with van der Waals surface area (Å²) in [4.78, 5) is 8.95. The smallest absolute Gasteiger partial charge is 0.144 e. The number of ether oxygens (including phenoxy) is 2. The highest BCUT2D eigenvalue weighted by molar-refractivity contribution is 6.13. The summed E-state index contributed by atoms with van der Waals surface area (Å²) in [5.41, 5.74) is 2.62. The Morgan fingerprint density at radius 2 is 1.94 bits per heavy atom. The normalized spacial score (nSPS) is 16.4. The lowest BCUT2D eigenvalue weighted by Gasteiger charge is -2.30. The van der Waals surface area contributed by atoms with Crippen LogP contribution >= 0.6 is 0 Å². The number of nitrogens with zero attached hydrogens (tertiary/aromatic N) is 3. The summed E-state index contributed by atoms with van der Waals surface area (Å²) in [5, 5.41) is 10.3. The van der Waals surface area contributed by atoms with E-state index in [0.717, 1.165) is 0 Å². The first-order valence-electron chi connectivity index (χ1n) is 10.5. The van der Waals surface area contributed by atoms with Gasteiger partial charge in [-0.25, -0.2) is 18.8 Å². The van der Waals surface area contributed by atoms with E-state index in [2.05, 4.69) is 37.3 Å². The van der Waals surface area contributed by atoms with E-state index in [-0.39, 0.29) is 11.4 Å². The topological polar surface area (TPSA) is 84.4 Å². The number of fused-ring (bicyclic) bond motifs is 3. The summed E-state index contributed by atoms with van der Waals surface area (Å²) in [5.74, 6) is 4.93. The Hall–Kier alpha value is -3.61. The molecule has 4 heterocycles. The van der Waals surface area contributed by atoms with Gasteiger partial charge in [-0.05, 0) is 31.0 Å². The molecular formula is C24H21F2N5O2. The minimum atomic E-state index is -0.718. The van der Waals surface area contributed by atoms with Crippen molar-refractivity contribution in [1.82, 2.24) is 15.2 Å². The van der Waals surface area contributed by atoms with Crippen molar-refractivity contribution in [2.45, 2.75) is 25.4 Å². The van der Waals surface area contributed by atoms with Crippen molar-refractivity contribution in [3.8, 4) is 23.1 Å². The molecule has 3 aromatic rings. The van der Waals surface area contributed by atoms with Crippen LogP contribution in [0.25, 0.3) is 11.3 Å². The molecule has 7 nitrogen and oxygen atoms in total. The quantitative estimate of drug-likeness (QED) is 0.576. The molecule has 5 rings (SSSR count). The van der Waals surface area contributed by atoms with Gasteiger partial charge in [0.05, 0.1) is 42.0 Å². The van der Waals surface area contributed by atoms with Crippen molar-refractivity contribution in [2.24, 2.45) is 4.99 Å². The summed E-state index contributed by atoms with van der Waals surface area (Å²) in [6, 6.07) is 5.49. The molecule has 2 N–H and O–H groups in total. The molecule has 0 bridgehead atoms. The number of hydrogen-bond donors (Lipinski definition) is 2. The van der Waals surface area contributed by atoms with Crippen LogP contribution in [-0.2, 0) is 9.47 Å². The summed E-state index contributed by atoms with van der Waals surface area (Å²) >= 11 is 0. The largest absolute Gasteiger partial charge is 0.381 e. The predicted octanol–water partition coefficient (Wildman–Crippen LogP) is 4.11. The highest BCUT2D eigenvalue weighted by Gasteiger charge is 2.30. The standard InChI is InChI=1S/C24H21F2N5O2/c1-14-21-22(31-30-14)16-12-15(6-7-24(32-2)8-10-33-11-9-24)27-13-19(16)28-23(29-21)20-17(25)4-3-5-18(20)26/h3-5,12-13H,8-11H2,1-2H3,(H,28,29)(H,30,31). The number of pyridine rings is 1. The van der Waals surface area contributed by atoms with Crippen LogP contribution < -0.4 is 5.32 Å². The maximum Gasteiger partial charge on any atom is 0.144 e. The number of aryl methyl sites for hydroxylation is 1. The molecule has 0 atom stereocenters. The molecule has 168 valence electrons. The number of nitrogens with one attached hydrogen (secondary N) is 2. The van der Waals surface area contributed by atoms with E-state index in [1.54, 1.807) is 26.3 Å². The number of H-pyrrole nitrogens is 1. The Bertz CT molecular complexity index is 1300. The van der Waals surface area contributed by atoms with Gasteiger partial charge in [0.1, 0.15) is 34.5 Å². The van der Waals surface area contributed by atoms with Gasteiger partial charge >= 0.3 is 0 Å². The third-order valence-electron chi connectivity index (χ3n) is 5.87. The maximum atomic E-state index is 14.5. The number of aliphatic imine (C=N–C) groups is 1. The van der Waals surface area contributed by atoms with Gasteiger partial charge in [0.25, 0.3) is 0 Å². The molecular weight excluding hydrogens is 428 g/mol. The van der Waals surface area contributed by atoms with Crippen molar-refractivity contribution in [1.29, 1.82) is 0 Å². The number of methoxy groups -OCH3 is 1. The minimum absolute atomic E-state index is 0.0382. The highest BCUT2D eigenvalue weighted by atomic mass is 19.1. The Morgan fingerprint density at radius 1 is 1.18 bits per heavy atom. The number of aromatic nitrogens is 3. The van der Waals surface area contributed by atoms with Crippen LogP contribution in [0.3, 0.4) is 0 Å². The van der Waals surface area contributed by atoms with Crippen molar-refractivity contribution in [2.75, 3.05) is 25.6 Å². The van der Waals surface area contributed by atoms with Crippen LogP contribution in [0.5, 0.6) is 0 Å². The predicted molar refractivity (Wildman–Crippen MR) is 119 cm³/mol. The number of rotatable bonds is 2. The van der Waals surface area contributed by atoms with E-state index >= 15 is 0 Å². The zero-order valence-corrected chi connectivity index (χ0v) is 18.1. The van der Waals surface area contributed by atoms with E-state index in [1.165, 1.54) is 18.2 Å². The molecule has 1 fully saturated rings. The number of hydrogen-bond acceptors (Lipinski definition) is 6. The molecule has 33 heavy (non-hydrogen) atoms. The van der Waals surface area contributed by atoms with Crippen LogP contribution in [-0.4, -0.2) is 46.9 Å². The second-order valence-corrected chi connectivity index (χ2v) is 7.89. The van der Waals surface area contributed by atoms with Crippen LogP contribution in [0.2, 0.25) is 0 Å². The summed E-state index contributed by atoms with van der Waals surface area (Å²) < 4.78 is 40.1. The van der Waals surface area contributed by atoms with Crippen molar-refractivity contribution < 1.29 is 18.3 Å². The van der Waals surface area contributed by atoms with E-state index in [0.29, 0.717) is 60.1 Å². The summed E-state index contributed by atoms with van der Waals surface area (Å²) in [7, 11) is 1.65. The fourth-order valence-corrected chi connectivity index (χ4v) is 3.95. The number of aromatic amines is 1. The monoisotopic (exact) mass is 449 g/mol. The molecule has 0 aliphatic carbocycles. The van der Waals surface area contributed by atoms with E-state index < -0.39 is 17.2 Å². The van der Waals surface area contributed by atoms with E-state index in [9.17, 15) is 8.78 Å². The second-order valence-electron chi connectivity index (χ2n) is 7.89. The van der Waals surface area contributed by atoms with Gasteiger partial charge < -0.3 is 14.8 Å². The van der Waals surface area contributed by atoms with E-state index in [4.69, 9.17) is 9.47 Å². The van der Waals surface area contributed by atoms with Crippen LogP contribution in [0, 0.1) is 30.4 Å². The van der Waals surface area contributed by atoms with Crippen LogP contribution in [0.1, 0.15) is 29.8 Å². The van der Waals surface area contributed by atoms with Gasteiger partial charge in [-0.3, -0.25) is 5.10 Å². The van der Waals surface area contributed by atoms with Gasteiger partial charge in [0.15, 0.2) is 0 Å². The van der Waals surface area contributed by atoms with E-state index in [1.807, 2.05) is 0 Å². The number of benzene rings is 1. The molecule has 2 aliphatic heterocycles. The van der Waals surface area contributed by atoms with Gasteiger partial charge in [-0.1, -0.05) is 12.0 Å². The van der Waals surface area contributed by atoms with Gasteiger partial charge in [0, 0.05) is 25.5 Å². The Balaban J connectivity index is 1.59. The second kappa shape index (κ2) is 8.39. The average molecular weight is 449 g/mol. The molecule has 0 unspecified atom stereocenters. The summed E-state index contributed by atoms with van der Waals surface area (Å²) in [6.45, 7) is 2.95. The lowest BCUT2D eigenvalue weighted by Crippen LogP contribution is -2.36. The maximum absolute atomic E-state index is 14.5. The molecule has 2 aromatic heterocycles. The number of amidine groups is 1. The zero-order chi connectivity index (χ0) is 23.0. The lowest BCUT2D eigenvalue weighted by atomic mass is 9.94. The molecule has 2 aliphatic rings. The fourth-order valence-electron chi connectivity index (χ4n) is 3.95. The number of anilines is 1. The molecule has 0 saturated carbocycles. The third-order valence-corrected chi connectivity index (χ3v) is 5.87. The molecule has 1 saturated heterocycles. The van der Waals surface area contributed by atoms with Crippen LogP contribution in [0.15, 0.2) is 35.5 Å². The first-order chi connectivity index (χ1) is 16.0. The van der Waals surface area contributed by atoms with Crippen molar-refractivity contribution >= 4 is 17.2 Å². The van der Waals surface area contributed by atoms with Gasteiger partial charge in [-0.15, -0.1) is 0 Å². The number of halogens is 2.